The summed E-state index contributed by atoms with van der Waals surface area (Å²) in [5.74, 6) is 1.47. The van der Waals surface area contributed by atoms with Crippen molar-refractivity contribution in [2.24, 2.45) is 4.99 Å². The van der Waals surface area contributed by atoms with Gasteiger partial charge in [0.25, 0.3) is 5.91 Å². The number of hydrogen-bond donors (Lipinski definition) is 2. The monoisotopic (exact) mass is 630 g/mol. The van der Waals surface area contributed by atoms with Gasteiger partial charge in [-0.3, -0.25) is 19.1 Å². The van der Waals surface area contributed by atoms with Crippen molar-refractivity contribution >= 4 is 42.6 Å². The number of rotatable bonds is 9. The first-order valence-corrected chi connectivity index (χ1v) is 17.6. The summed E-state index contributed by atoms with van der Waals surface area (Å²) in [6.07, 6.45) is 0.0241. The first kappa shape index (κ1) is 31.1. The molecule has 1 unspecified atom stereocenters. The van der Waals surface area contributed by atoms with Gasteiger partial charge in [0.1, 0.15) is 17.6 Å². The Morgan fingerprint density at radius 3 is 2.55 bits per heavy atom. The van der Waals surface area contributed by atoms with Crippen LogP contribution in [0.2, 0.25) is 18.1 Å². The number of amides is 2. The molecule has 0 radical (unpaired) electrons. The van der Waals surface area contributed by atoms with Crippen LogP contribution in [0.5, 0.6) is 5.75 Å². The highest BCUT2D eigenvalue weighted by atomic mass is 35.5. The summed E-state index contributed by atoms with van der Waals surface area (Å²) in [6.45, 7) is 6.04. The molecular weight excluding hydrogens is 596 g/mol. The Kier molecular flexibility index (Phi) is 9.00. The van der Waals surface area contributed by atoms with Gasteiger partial charge in [-0.05, 0) is 67.7 Å². The maximum atomic E-state index is 13.3. The third kappa shape index (κ3) is 6.59. The Balaban J connectivity index is 1.35. The molecule has 0 aliphatic carbocycles. The summed E-state index contributed by atoms with van der Waals surface area (Å²) in [4.78, 5) is 43.4. The number of likely N-dealkylation sites (N-methyl/N-ethyl adjacent to an activating group) is 1. The molecule has 1 aromatic heterocycles. The van der Waals surface area contributed by atoms with Crippen LogP contribution in [0.25, 0.3) is 5.69 Å². The van der Waals surface area contributed by atoms with Gasteiger partial charge in [0.05, 0.1) is 24.9 Å². The molecule has 3 aromatic carbocycles. The summed E-state index contributed by atoms with van der Waals surface area (Å²) in [7, 11) is 0.747. The maximum absolute atomic E-state index is 13.3. The second-order valence-corrected chi connectivity index (χ2v) is 15.4. The largest absolute Gasteiger partial charge is 0.497 e. The molecule has 10 nitrogen and oxygen atoms in total. The second kappa shape index (κ2) is 12.7. The minimum atomic E-state index is -2.55. The number of aryl methyl sites for hydroxylation is 1. The van der Waals surface area contributed by atoms with Crippen molar-refractivity contribution in [2.45, 2.75) is 32.5 Å². The van der Waals surface area contributed by atoms with Crippen LogP contribution >= 0.6 is 11.6 Å². The number of carbonyl (C=O) groups excluding carboxylic acids is 2. The van der Waals surface area contributed by atoms with E-state index in [1.165, 1.54) is 0 Å². The summed E-state index contributed by atoms with van der Waals surface area (Å²) in [6, 6.07) is 19.6. The normalized spacial score (nSPS) is 14.2. The number of aromatic nitrogens is 3. The fourth-order valence-electron chi connectivity index (χ4n) is 5.14. The molecular formula is C32H35ClN6O4Si. The lowest BCUT2D eigenvalue weighted by Gasteiger charge is -2.20. The molecule has 0 saturated heterocycles. The minimum absolute atomic E-state index is 0.0241. The molecule has 2 heterocycles. The average molecular weight is 631 g/mol. The highest BCUT2D eigenvalue weighted by Crippen LogP contribution is 2.34. The van der Waals surface area contributed by atoms with E-state index in [1.54, 1.807) is 49.4 Å². The molecule has 0 bridgehead atoms. The summed E-state index contributed by atoms with van der Waals surface area (Å²) >= 11 is 6.19. The number of hydrogen-bond acceptors (Lipinski definition) is 7. The molecule has 44 heavy (non-hydrogen) atoms. The molecule has 0 spiro atoms. The number of benzene rings is 3. The summed E-state index contributed by atoms with van der Waals surface area (Å²) < 4.78 is 7.45. The first-order chi connectivity index (χ1) is 21.0. The van der Waals surface area contributed by atoms with Gasteiger partial charge in [-0.25, -0.2) is 0 Å². The van der Waals surface area contributed by atoms with Crippen LogP contribution in [-0.2, 0) is 4.79 Å². The number of carbonyl (C=O) groups is 2. The van der Waals surface area contributed by atoms with E-state index in [-0.39, 0.29) is 24.8 Å². The fraction of sp³-hybridized carbons (Fsp3) is 0.281. The first-order valence-electron chi connectivity index (χ1n) is 14.3. The van der Waals surface area contributed by atoms with Gasteiger partial charge < -0.3 is 19.7 Å². The van der Waals surface area contributed by atoms with Crippen molar-refractivity contribution in [3.05, 3.63) is 100 Å². The van der Waals surface area contributed by atoms with E-state index in [1.807, 2.05) is 61.0 Å². The lowest BCUT2D eigenvalue weighted by atomic mass is 10.00. The fourth-order valence-corrected chi connectivity index (χ4v) is 6.28. The molecule has 0 fully saturated rings. The van der Waals surface area contributed by atoms with Gasteiger partial charge >= 0.3 is 0 Å². The Hall–Kier alpha value is -4.32. The van der Waals surface area contributed by atoms with E-state index < -0.39 is 14.4 Å². The number of nitrogens with zero attached hydrogens (tertiary/aromatic N) is 5. The molecule has 5 rings (SSSR count). The minimum Gasteiger partial charge on any atom is -0.497 e. The van der Waals surface area contributed by atoms with Crippen LogP contribution in [0.1, 0.15) is 45.6 Å². The molecule has 0 saturated carbocycles. The van der Waals surface area contributed by atoms with Crippen LogP contribution < -0.4 is 15.2 Å². The Bertz CT molecular complexity index is 1730. The third-order valence-corrected chi connectivity index (χ3v) is 9.54. The van der Waals surface area contributed by atoms with E-state index in [4.69, 9.17) is 21.3 Å². The lowest BCUT2D eigenvalue weighted by Crippen LogP contribution is -2.42. The molecule has 1 aliphatic rings. The van der Waals surface area contributed by atoms with E-state index in [0.29, 0.717) is 40.2 Å². The van der Waals surface area contributed by atoms with Crippen molar-refractivity contribution in [2.75, 3.05) is 27.2 Å². The Morgan fingerprint density at radius 2 is 1.84 bits per heavy atom. The number of fused-ring (bicyclic) bond motifs is 3. The molecule has 228 valence electrons. The van der Waals surface area contributed by atoms with Crippen LogP contribution in [-0.4, -0.2) is 77.6 Å². The van der Waals surface area contributed by atoms with Gasteiger partial charge in [0.15, 0.2) is 5.82 Å². The quantitative estimate of drug-likeness (QED) is 0.271. The number of ether oxygens (including phenoxy) is 1. The van der Waals surface area contributed by atoms with E-state index >= 15 is 0 Å². The molecule has 2 N–H and O–H groups in total. The number of aliphatic imine (C=N–C) groups is 1. The van der Waals surface area contributed by atoms with Gasteiger partial charge in [-0.2, -0.15) is 0 Å². The molecule has 4 aromatic rings. The van der Waals surface area contributed by atoms with Gasteiger partial charge in [0.2, 0.25) is 14.2 Å². The standard InChI is InChI=1S/C32H35ClN6O4Si/c1-20-36-37-31-27(19-29(40)34-15-16-38(2)32(41)22-7-6-8-25(17-22)44(4,5)42)35-30(21-9-11-23(33)12-10-21)26-18-24(43-3)13-14-28(26)39(20)31/h6-14,17-18,27,42H,15-16,19H2,1-5H3,(H,34,40). The smallest absolute Gasteiger partial charge is 0.253 e. The van der Waals surface area contributed by atoms with Crippen molar-refractivity contribution in [3.63, 3.8) is 0 Å². The number of halogens is 1. The molecule has 12 heteroatoms. The van der Waals surface area contributed by atoms with Crippen molar-refractivity contribution < 1.29 is 19.1 Å². The van der Waals surface area contributed by atoms with E-state index in [0.717, 1.165) is 22.0 Å². The highest BCUT2D eigenvalue weighted by molar-refractivity contribution is 6.83. The predicted molar refractivity (Wildman–Crippen MR) is 173 cm³/mol. The molecule has 1 aliphatic heterocycles. The third-order valence-electron chi connectivity index (χ3n) is 7.56. The van der Waals surface area contributed by atoms with E-state index in [9.17, 15) is 14.4 Å². The SMILES string of the molecule is COc1ccc2c(c1)C(c1ccc(Cl)cc1)=NC(CC(=O)NCCN(C)C(=O)c1cccc([Si](C)(C)O)c1)c1nnc(C)n1-2. The predicted octanol–water partition coefficient (Wildman–Crippen LogP) is 3.81. The average Bonchev–Trinajstić information content (AvgIpc) is 3.33. The summed E-state index contributed by atoms with van der Waals surface area (Å²) in [5, 5.41) is 13.1. The highest BCUT2D eigenvalue weighted by Gasteiger charge is 2.30. The van der Waals surface area contributed by atoms with E-state index in [2.05, 4.69) is 15.5 Å². The molecule has 1 atom stereocenters. The van der Waals surface area contributed by atoms with Gasteiger partial charge in [-0.1, -0.05) is 35.9 Å². The van der Waals surface area contributed by atoms with Crippen molar-refractivity contribution in [1.82, 2.24) is 25.0 Å². The lowest BCUT2D eigenvalue weighted by molar-refractivity contribution is -0.121. The number of methoxy groups -OCH3 is 1. The summed E-state index contributed by atoms with van der Waals surface area (Å²) in [5.41, 5.74) is 3.66. The second-order valence-electron chi connectivity index (χ2n) is 11.2. The van der Waals surface area contributed by atoms with Gasteiger partial charge in [0, 0.05) is 41.9 Å². The zero-order chi connectivity index (χ0) is 31.6. The Labute approximate surface area is 262 Å². The zero-order valence-corrected chi connectivity index (χ0v) is 27.1. The van der Waals surface area contributed by atoms with Gasteiger partial charge in [-0.15, -0.1) is 10.2 Å². The van der Waals surface area contributed by atoms with Crippen molar-refractivity contribution in [1.29, 1.82) is 0 Å². The van der Waals surface area contributed by atoms with Crippen molar-refractivity contribution in [3.8, 4) is 11.4 Å². The zero-order valence-electron chi connectivity index (χ0n) is 25.3. The van der Waals surface area contributed by atoms with Crippen LogP contribution in [0.4, 0.5) is 0 Å². The Morgan fingerprint density at radius 1 is 1.09 bits per heavy atom. The molecule has 2 amide bonds. The van der Waals surface area contributed by atoms with Crippen LogP contribution in [0.15, 0.2) is 71.7 Å². The topological polar surface area (TPSA) is 122 Å². The van der Waals surface area contributed by atoms with Crippen LogP contribution in [0.3, 0.4) is 0 Å². The maximum Gasteiger partial charge on any atom is 0.253 e. The number of nitrogens with one attached hydrogen (secondary N) is 1. The van der Waals surface area contributed by atoms with Crippen LogP contribution in [0, 0.1) is 6.92 Å².